The van der Waals surface area contributed by atoms with Gasteiger partial charge >= 0.3 is 5.97 Å². The molecule has 8 nitrogen and oxygen atoms in total. The largest absolute Gasteiger partial charge is 0.458 e. The Labute approximate surface area is 124 Å². The molecule has 0 fully saturated rings. The summed E-state index contributed by atoms with van der Waals surface area (Å²) in [5.41, 5.74) is 0.892. The van der Waals surface area contributed by atoms with E-state index in [1.54, 1.807) is 25.8 Å². The van der Waals surface area contributed by atoms with Crippen molar-refractivity contribution in [2.45, 2.75) is 19.9 Å². The van der Waals surface area contributed by atoms with Gasteiger partial charge in [0.15, 0.2) is 5.69 Å². The normalized spacial score (nSPS) is 10.8. The van der Waals surface area contributed by atoms with Gasteiger partial charge in [-0.3, -0.25) is 0 Å². The molecular weight excluding hydrogens is 278 g/mol. The first-order valence-corrected chi connectivity index (χ1v) is 6.83. The van der Waals surface area contributed by atoms with Crippen molar-refractivity contribution in [2.24, 2.45) is 0 Å². The van der Waals surface area contributed by atoms with Crippen LogP contribution in [-0.4, -0.2) is 68.2 Å². The number of rotatable bonds is 11. The number of methoxy groups -OCH3 is 2. The van der Waals surface area contributed by atoms with Crippen molar-refractivity contribution >= 4 is 5.97 Å². The molecule has 0 saturated carbocycles. The zero-order valence-electron chi connectivity index (χ0n) is 12.8. The lowest BCUT2D eigenvalue weighted by molar-refractivity contribution is 0.0380. The van der Waals surface area contributed by atoms with Gasteiger partial charge in [0.1, 0.15) is 6.61 Å². The van der Waals surface area contributed by atoms with Crippen LogP contribution in [0.15, 0.2) is 0 Å². The quantitative estimate of drug-likeness (QED) is 0.433. The molecular formula is C13H23N3O5. The Balaban J connectivity index is 2.35. The van der Waals surface area contributed by atoms with Gasteiger partial charge in [0.05, 0.1) is 25.5 Å². The standard InChI is InChI=1S/C13H23N3O5/c1-11-12(13(17)21-10-9-19-3)14-15-16(11)5-8-20-7-4-6-18-2/h4-10H2,1-3H3. The van der Waals surface area contributed by atoms with Crippen LogP contribution < -0.4 is 0 Å². The van der Waals surface area contributed by atoms with Gasteiger partial charge in [0, 0.05) is 27.4 Å². The summed E-state index contributed by atoms with van der Waals surface area (Å²) in [5.74, 6) is -0.489. The van der Waals surface area contributed by atoms with Gasteiger partial charge in [-0.05, 0) is 13.3 Å². The summed E-state index contributed by atoms with van der Waals surface area (Å²) in [5, 5.41) is 7.77. The first-order valence-electron chi connectivity index (χ1n) is 6.83. The van der Waals surface area contributed by atoms with E-state index in [4.69, 9.17) is 18.9 Å². The number of nitrogens with zero attached hydrogens (tertiary/aromatic N) is 3. The number of aromatic nitrogens is 3. The fourth-order valence-electron chi connectivity index (χ4n) is 1.61. The SMILES string of the molecule is COCCCOCCn1nnc(C(=O)OCCOC)c1C. The number of carbonyl (C=O) groups excluding carboxylic acids is 1. The number of ether oxygens (including phenoxy) is 4. The van der Waals surface area contributed by atoms with Crippen molar-refractivity contribution in [1.82, 2.24) is 15.0 Å². The molecule has 0 radical (unpaired) electrons. The average molecular weight is 301 g/mol. The molecule has 1 aromatic heterocycles. The van der Waals surface area contributed by atoms with Gasteiger partial charge in [0.2, 0.25) is 0 Å². The Kier molecular flexibility index (Phi) is 8.56. The third-order valence-corrected chi connectivity index (χ3v) is 2.78. The molecule has 1 heterocycles. The highest BCUT2D eigenvalue weighted by atomic mass is 16.6. The zero-order valence-corrected chi connectivity index (χ0v) is 12.8. The second-order valence-corrected chi connectivity index (χ2v) is 4.33. The number of hydrogen-bond acceptors (Lipinski definition) is 7. The van der Waals surface area contributed by atoms with Crippen molar-refractivity contribution in [3.63, 3.8) is 0 Å². The molecule has 0 aliphatic heterocycles. The van der Waals surface area contributed by atoms with Gasteiger partial charge in [-0.2, -0.15) is 0 Å². The fourth-order valence-corrected chi connectivity index (χ4v) is 1.61. The van der Waals surface area contributed by atoms with E-state index in [1.165, 1.54) is 0 Å². The number of carbonyl (C=O) groups is 1. The average Bonchev–Trinajstić information content (AvgIpc) is 2.84. The van der Waals surface area contributed by atoms with E-state index in [9.17, 15) is 4.79 Å². The molecule has 0 aliphatic rings. The molecule has 0 saturated heterocycles. The summed E-state index contributed by atoms with van der Waals surface area (Å²) >= 11 is 0. The second kappa shape index (κ2) is 10.3. The Morgan fingerprint density at radius 1 is 1.10 bits per heavy atom. The van der Waals surface area contributed by atoms with E-state index in [2.05, 4.69) is 10.3 Å². The van der Waals surface area contributed by atoms with Gasteiger partial charge in [-0.15, -0.1) is 5.10 Å². The summed E-state index contributed by atoms with van der Waals surface area (Å²) in [6.45, 7) is 4.69. The van der Waals surface area contributed by atoms with Crippen molar-refractivity contribution in [3.8, 4) is 0 Å². The van der Waals surface area contributed by atoms with Crippen LogP contribution in [0.2, 0.25) is 0 Å². The molecule has 1 aromatic rings. The van der Waals surface area contributed by atoms with Crippen molar-refractivity contribution in [3.05, 3.63) is 11.4 Å². The third-order valence-electron chi connectivity index (χ3n) is 2.78. The first kappa shape index (κ1) is 17.5. The van der Waals surface area contributed by atoms with Gasteiger partial charge in [0.25, 0.3) is 0 Å². The first-order chi connectivity index (χ1) is 10.2. The molecule has 0 aliphatic carbocycles. The lowest BCUT2D eigenvalue weighted by atomic mass is 10.3. The lowest BCUT2D eigenvalue weighted by Crippen LogP contribution is -2.13. The van der Waals surface area contributed by atoms with Crippen molar-refractivity contribution in [1.29, 1.82) is 0 Å². The molecule has 0 spiro atoms. The minimum Gasteiger partial charge on any atom is -0.458 e. The summed E-state index contributed by atoms with van der Waals surface area (Å²) < 4.78 is 21.8. The minimum absolute atomic E-state index is 0.199. The maximum Gasteiger partial charge on any atom is 0.360 e. The summed E-state index contributed by atoms with van der Waals surface area (Å²) in [6, 6.07) is 0. The molecule has 1 rings (SSSR count). The zero-order chi connectivity index (χ0) is 15.5. The molecule has 0 unspecified atom stereocenters. The van der Waals surface area contributed by atoms with Crippen LogP contribution in [0, 0.1) is 6.92 Å². The van der Waals surface area contributed by atoms with Crippen LogP contribution in [-0.2, 0) is 25.5 Å². The molecule has 0 aromatic carbocycles. The highest BCUT2D eigenvalue weighted by Crippen LogP contribution is 2.05. The lowest BCUT2D eigenvalue weighted by Gasteiger charge is -2.06. The Morgan fingerprint density at radius 2 is 1.86 bits per heavy atom. The highest BCUT2D eigenvalue weighted by molar-refractivity contribution is 5.88. The van der Waals surface area contributed by atoms with E-state index in [1.807, 2.05) is 0 Å². The summed E-state index contributed by atoms with van der Waals surface area (Å²) in [6.07, 6.45) is 0.851. The van der Waals surface area contributed by atoms with Gasteiger partial charge in [-0.1, -0.05) is 5.21 Å². The molecule has 0 N–H and O–H groups in total. The number of esters is 1. The Morgan fingerprint density at radius 3 is 2.57 bits per heavy atom. The molecule has 0 bridgehead atoms. The minimum atomic E-state index is -0.489. The smallest absolute Gasteiger partial charge is 0.360 e. The summed E-state index contributed by atoms with van der Waals surface area (Å²) in [7, 11) is 3.20. The maximum atomic E-state index is 11.8. The topological polar surface area (TPSA) is 84.7 Å². The van der Waals surface area contributed by atoms with Crippen LogP contribution in [0.4, 0.5) is 0 Å². The van der Waals surface area contributed by atoms with E-state index < -0.39 is 5.97 Å². The maximum absolute atomic E-state index is 11.8. The number of hydrogen-bond donors (Lipinski definition) is 0. The fraction of sp³-hybridized carbons (Fsp3) is 0.769. The molecule has 0 amide bonds. The van der Waals surface area contributed by atoms with Crippen LogP contribution in [0.3, 0.4) is 0 Å². The van der Waals surface area contributed by atoms with Gasteiger partial charge in [-0.25, -0.2) is 9.48 Å². The Hall–Kier alpha value is -1.51. The van der Waals surface area contributed by atoms with Crippen molar-refractivity contribution in [2.75, 3.05) is 47.3 Å². The van der Waals surface area contributed by atoms with Crippen LogP contribution in [0.25, 0.3) is 0 Å². The monoisotopic (exact) mass is 301 g/mol. The van der Waals surface area contributed by atoms with Crippen LogP contribution in [0.1, 0.15) is 22.6 Å². The van der Waals surface area contributed by atoms with E-state index in [0.29, 0.717) is 38.7 Å². The predicted molar refractivity (Wildman–Crippen MR) is 74.2 cm³/mol. The molecule has 120 valence electrons. The summed E-state index contributed by atoms with van der Waals surface area (Å²) in [4.78, 5) is 11.8. The predicted octanol–water partition coefficient (Wildman–Crippen LogP) is 0.443. The van der Waals surface area contributed by atoms with E-state index >= 15 is 0 Å². The molecule has 0 atom stereocenters. The van der Waals surface area contributed by atoms with E-state index in [-0.39, 0.29) is 12.3 Å². The Bertz CT molecular complexity index is 422. The van der Waals surface area contributed by atoms with Crippen LogP contribution in [0.5, 0.6) is 0 Å². The highest BCUT2D eigenvalue weighted by Gasteiger charge is 2.17. The van der Waals surface area contributed by atoms with Gasteiger partial charge < -0.3 is 18.9 Å². The molecule has 8 heteroatoms. The molecule has 21 heavy (non-hydrogen) atoms. The second-order valence-electron chi connectivity index (χ2n) is 4.33. The van der Waals surface area contributed by atoms with Crippen LogP contribution >= 0.6 is 0 Å². The van der Waals surface area contributed by atoms with Crippen molar-refractivity contribution < 1.29 is 23.7 Å². The third kappa shape index (κ3) is 6.19. The van der Waals surface area contributed by atoms with E-state index in [0.717, 1.165) is 6.42 Å².